The van der Waals surface area contributed by atoms with E-state index in [1.165, 1.54) is 21.8 Å². The summed E-state index contributed by atoms with van der Waals surface area (Å²) in [5, 5.41) is 4.71. The second-order valence-electron chi connectivity index (χ2n) is 8.46. The Balaban J connectivity index is 1.56. The Hall–Kier alpha value is -4.50. The third kappa shape index (κ3) is 2.63. The van der Waals surface area contributed by atoms with Crippen molar-refractivity contribution in [3.63, 3.8) is 0 Å². The number of furan rings is 1. The first-order valence-electron chi connectivity index (χ1n) is 11.1. The van der Waals surface area contributed by atoms with Crippen LogP contribution in [0.2, 0.25) is 0 Å². The first-order valence-corrected chi connectivity index (χ1v) is 11.1. The largest absolute Gasteiger partial charge is 0.456 e. The summed E-state index contributed by atoms with van der Waals surface area (Å²) < 4.78 is 8.38. The van der Waals surface area contributed by atoms with E-state index < -0.39 is 0 Å². The number of aromatic nitrogens is 1. The third-order valence-corrected chi connectivity index (χ3v) is 6.53. The summed E-state index contributed by atoms with van der Waals surface area (Å²) in [7, 11) is 0. The second kappa shape index (κ2) is 6.75. The van der Waals surface area contributed by atoms with Crippen molar-refractivity contribution in [2.75, 3.05) is 5.73 Å². The Kier molecular flexibility index (Phi) is 3.70. The fraction of sp³-hybridized carbons (Fsp3) is 0. The molecule has 0 unspecified atom stereocenters. The molecule has 0 aliphatic rings. The quantitative estimate of drug-likeness (QED) is 0.286. The van der Waals surface area contributed by atoms with Crippen molar-refractivity contribution in [1.29, 1.82) is 0 Å². The molecule has 0 aliphatic heterocycles. The minimum absolute atomic E-state index is 0.741. The Labute approximate surface area is 190 Å². The Bertz CT molecular complexity index is 1780. The average Bonchev–Trinajstić information content (AvgIpc) is 3.39. The van der Waals surface area contributed by atoms with Crippen molar-refractivity contribution in [2.45, 2.75) is 0 Å². The third-order valence-electron chi connectivity index (χ3n) is 6.53. The summed E-state index contributed by atoms with van der Waals surface area (Å²) in [6.07, 6.45) is 0. The molecule has 0 spiro atoms. The highest BCUT2D eigenvalue weighted by Gasteiger charge is 2.16. The molecule has 0 saturated heterocycles. The first kappa shape index (κ1) is 18.1. The number of rotatable bonds is 2. The van der Waals surface area contributed by atoms with Crippen molar-refractivity contribution in [3.8, 4) is 16.8 Å². The van der Waals surface area contributed by atoms with Gasteiger partial charge in [0.2, 0.25) is 0 Å². The number of benzene rings is 5. The molecule has 0 aliphatic carbocycles. The molecule has 2 aromatic heterocycles. The predicted molar refractivity (Wildman–Crippen MR) is 138 cm³/mol. The minimum Gasteiger partial charge on any atom is -0.456 e. The number of fused-ring (bicyclic) bond motifs is 6. The van der Waals surface area contributed by atoms with Crippen LogP contribution in [0, 0.1) is 0 Å². The second-order valence-corrected chi connectivity index (χ2v) is 8.46. The number of nitrogen functional groups attached to an aromatic ring is 1. The van der Waals surface area contributed by atoms with Gasteiger partial charge in [-0.05, 0) is 48.0 Å². The van der Waals surface area contributed by atoms with Crippen molar-refractivity contribution >= 4 is 49.4 Å². The van der Waals surface area contributed by atoms with E-state index >= 15 is 0 Å². The molecule has 0 fully saturated rings. The molecule has 2 N–H and O–H groups in total. The SMILES string of the molecule is Nc1ccc(-c2ccc3oc4ccccc4c3c2)c(-n2c3ccccc3c3ccccc32)c1. The number of hydrogen-bond donors (Lipinski definition) is 1. The normalized spacial score (nSPS) is 11.8. The molecule has 7 aromatic rings. The highest BCUT2D eigenvalue weighted by molar-refractivity contribution is 6.10. The van der Waals surface area contributed by atoms with Gasteiger partial charge in [0.25, 0.3) is 0 Å². The summed E-state index contributed by atoms with van der Waals surface area (Å²) >= 11 is 0. The molecular weight excluding hydrogens is 404 g/mol. The number of nitrogens with two attached hydrogens (primary N) is 1. The lowest BCUT2D eigenvalue weighted by Crippen LogP contribution is -1.99. The smallest absolute Gasteiger partial charge is 0.135 e. The zero-order valence-electron chi connectivity index (χ0n) is 17.8. The molecule has 156 valence electrons. The maximum absolute atomic E-state index is 6.32. The monoisotopic (exact) mass is 424 g/mol. The van der Waals surface area contributed by atoms with Crippen LogP contribution in [0.5, 0.6) is 0 Å². The molecule has 0 atom stereocenters. The van der Waals surface area contributed by atoms with E-state index in [1.54, 1.807) is 0 Å². The Morgan fingerprint density at radius 3 is 1.94 bits per heavy atom. The molecule has 0 amide bonds. The van der Waals surface area contributed by atoms with Gasteiger partial charge in [0.1, 0.15) is 11.2 Å². The number of para-hydroxylation sites is 3. The number of hydrogen-bond acceptors (Lipinski definition) is 2. The van der Waals surface area contributed by atoms with E-state index in [0.717, 1.165) is 44.4 Å². The van der Waals surface area contributed by atoms with Gasteiger partial charge < -0.3 is 14.7 Å². The van der Waals surface area contributed by atoms with Crippen LogP contribution < -0.4 is 5.73 Å². The topological polar surface area (TPSA) is 44.1 Å². The average molecular weight is 425 g/mol. The molecule has 33 heavy (non-hydrogen) atoms. The lowest BCUT2D eigenvalue weighted by atomic mass is 10.00. The molecule has 3 nitrogen and oxygen atoms in total. The summed E-state index contributed by atoms with van der Waals surface area (Å²) in [5.41, 5.74) is 14.5. The van der Waals surface area contributed by atoms with Crippen molar-refractivity contribution in [3.05, 3.63) is 109 Å². The fourth-order valence-electron chi connectivity index (χ4n) is 5.05. The van der Waals surface area contributed by atoms with Crippen LogP contribution in [0.1, 0.15) is 0 Å². The fourth-order valence-corrected chi connectivity index (χ4v) is 5.05. The molecule has 3 heteroatoms. The maximum atomic E-state index is 6.32. The van der Waals surface area contributed by atoms with E-state index in [0.29, 0.717) is 0 Å². The van der Waals surface area contributed by atoms with Crippen LogP contribution in [0.15, 0.2) is 114 Å². The van der Waals surface area contributed by atoms with Crippen molar-refractivity contribution in [1.82, 2.24) is 4.57 Å². The summed E-state index contributed by atoms with van der Waals surface area (Å²) in [4.78, 5) is 0. The van der Waals surface area contributed by atoms with Crippen LogP contribution in [-0.4, -0.2) is 4.57 Å². The summed E-state index contributed by atoms with van der Waals surface area (Å²) in [6, 6.07) is 37.9. The van der Waals surface area contributed by atoms with Crippen molar-refractivity contribution < 1.29 is 4.42 Å². The van der Waals surface area contributed by atoms with Crippen molar-refractivity contribution in [2.24, 2.45) is 0 Å². The van der Waals surface area contributed by atoms with Crippen LogP contribution in [0.25, 0.3) is 60.6 Å². The van der Waals surface area contributed by atoms with E-state index in [2.05, 4.69) is 95.6 Å². The van der Waals surface area contributed by atoms with Gasteiger partial charge in [-0.2, -0.15) is 0 Å². The van der Waals surface area contributed by atoms with Gasteiger partial charge >= 0.3 is 0 Å². The van der Waals surface area contributed by atoms with Gasteiger partial charge in [-0.15, -0.1) is 0 Å². The van der Waals surface area contributed by atoms with Gasteiger partial charge in [0, 0.05) is 32.8 Å². The molecule has 0 bridgehead atoms. The van der Waals surface area contributed by atoms with Crippen LogP contribution in [-0.2, 0) is 0 Å². The zero-order chi connectivity index (χ0) is 21.9. The van der Waals surface area contributed by atoms with Crippen LogP contribution in [0.4, 0.5) is 5.69 Å². The van der Waals surface area contributed by atoms with Crippen LogP contribution >= 0.6 is 0 Å². The van der Waals surface area contributed by atoms with Gasteiger partial charge in [-0.25, -0.2) is 0 Å². The Morgan fingerprint density at radius 2 is 1.18 bits per heavy atom. The van der Waals surface area contributed by atoms with E-state index in [1.807, 2.05) is 18.2 Å². The number of anilines is 1. The molecule has 5 aromatic carbocycles. The van der Waals surface area contributed by atoms with Crippen LogP contribution in [0.3, 0.4) is 0 Å². The lowest BCUT2D eigenvalue weighted by molar-refractivity contribution is 0.669. The molecular formula is C30H20N2O. The molecule has 0 radical (unpaired) electrons. The molecule has 2 heterocycles. The highest BCUT2D eigenvalue weighted by Crippen LogP contribution is 2.38. The van der Waals surface area contributed by atoms with Gasteiger partial charge in [0.05, 0.1) is 16.7 Å². The van der Waals surface area contributed by atoms with Gasteiger partial charge in [0.15, 0.2) is 0 Å². The first-order chi connectivity index (χ1) is 16.3. The highest BCUT2D eigenvalue weighted by atomic mass is 16.3. The molecule has 0 saturated carbocycles. The van der Waals surface area contributed by atoms with Gasteiger partial charge in [-0.1, -0.05) is 66.7 Å². The maximum Gasteiger partial charge on any atom is 0.135 e. The summed E-state index contributed by atoms with van der Waals surface area (Å²) in [5.74, 6) is 0. The number of nitrogens with zero attached hydrogens (tertiary/aromatic N) is 1. The van der Waals surface area contributed by atoms with E-state index in [9.17, 15) is 0 Å². The van der Waals surface area contributed by atoms with E-state index in [-0.39, 0.29) is 0 Å². The molecule has 7 rings (SSSR count). The minimum atomic E-state index is 0.741. The predicted octanol–water partition coefficient (Wildman–Crippen LogP) is 7.93. The Morgan fingerprint density at radius 1 is 0.545 bits per heavy atom. The van der Waals surface area contributed by atoms with E-state index in [4.69, 9.17) is 10.2 Å². The lowest BCUT2D eigenvalue weighted by Gasteiger charge is -2.15. The summed E-state index contributed by atoms with van der Waals surface area (Å²) in [6.45, 7) is 0. The zero-order valence-corrected chi connectivity index (χ0v) is 17.8. The standard InChI is InChI=1S/C30H20N2O/c31-20-14-15-21(19-13-16-30-25(17-19)24-9-3-6-12-29(24)33-30)28(18-20)32-26-10-4-1-7-22(26)23-8-2-5-11-27(23)32/h1-18H,31H2. The van der Waals surface area contributed by atoms with Gasteiger partial charge in [-0.3, -0.25) is 0 Å².